The van der Waals surface area contributed by atoms with E-state index in [0.29, 0.717) is 18.9 Å². The number of anilines is 1. The van der Waals surface area contributed by atoms with E-state index in [9.17, 15) is 14.7 Å². The molecule has 0 amide bonds. The second kappa shape index (κ2) is 15.1. The number of benzene rings is 3. The molecule has 6 nitrogen and oxygen atoms in total. The molecule has 0 aliphatic heterocycles. The molecule has 1 saturated carbocycles. The summed E-state index contributed by atoms with van der Waals surface area (Å²) < 4.78 is 6.28. The van der Waals surface area contributed by atoms with Crippen molar-refractivity contribution in [2.45, 2.75) is 89.2 Å². The summed E-state index contributed by atoms with van der Waals surface area (Å²) in [4.78, 5) is 22.1. The predicted octanol–water partition coefficient (Wildman–Crippen LogP) is 8.07. The van der Waals surface area contributed by atoms with E-state index < -0.39 is 11.9 Å². The third-order valence-corrected chi connectivity index (χ3v) is 7.88. The first kappa shape index (κ1) is 29.2. The topological polar surface area (TPSA) is 95.9 Å². The first-order valence-electron chi connectivity index (χ1n) is 14.6. The van der Waals surface area contributed by atoms with Gasteiger partial charge < -0.3 is 20.3 Å². The average molecular weight is 544 g/mol. The maximum atomic E-state index is 11.2. The molecule has 0 radical (unpaired) electrons. The third kappa shape index (κ3) is 9.15. The van der Waals surface area contributed by atoms with Gasteiger partial charge in [-0.15, -0.1) is 0 Å². The second-order valence-corrected chi connectivity index (χ2v) is 10.9. The van der Waals surface area contributed by atoms with E-state index >= 15 is 0 Å². The maximum absolute atomic E-state index is 11.2. The van der Waals surface area contributed by atoms with Crippen molar-refractivity contribution >= 4 is 17.6 Å². The molecule has 4 rings (SSSR count). The molecule has 3 aromatic rings. The van der Waals surface area contributed by atoms with Crippen LogP contribution in [0.5, 0.6) is 5.75 Å². The van der Waals surface area contributed by atoms with Crippen LogP contribution in [0.25, 0.3) is 0 Å². The molecule has 1 aliphatic rings. The van der Waals surface area contributed by atoms with Gasteiger partial charge in [-0.25, -0.2) is 4.79 Å². The molecule has 1 aliphatic carbocycles. The summed E-state index contributed by atoms with van der Waals surface area (Å²) in [5.41, 5.74) is 4.85. The first-order chi connectivity index (χ1) is 19.5. The van der Waals surface area contributed by atoms with Crippen LogP contribution in [-0.2, 0) is 17.8 Å². The Balaban J connectivity index is 1.35. The van der Waals surface area contributed by atoms with Crippen molar-refractivity contribution < 1.29 is 24.5 Å². The lowest BCUT2D eigenvalue weighted by atomic mass is 9.84. The molecule has 0 saturated heterocycles. The number of aliphatic carboxylic acids is 1. The summed E-state index contributed by atoms with van der Waals surface area (Å²) in [6.45, 7) is 0.523. The fourth-order valence-electron chi connectivity index (χ4n) is 5.56. The van der Waals surface area contributed by atoms with E-state index in [1.165, 1.54) is 37.7 Å². The normalized spacial score (nSPS) is 14.4. The number of unbranched alkanes of at least 4 members (excludes halogenated alkanes) is 1. The molecule has 212 valence electrons. The Morgan fingerprint density at radius 3 is 2.27 bits per heavy atom. The van der Waals surface area contributed by atoms with Crippen LogP contribution in [0.15, 0.2) is 72.8 Å². The molecule has 0 bridgehead atoms. The fourth-order valence-corrected chi connectivity index (χ4v) is 5.56. The minimum Gasteiger partial charge on any atom is -0.489 e. The number of ether oxygens (including phenoxy) is 1. The Labute approximate surface area is 237 Å². The Morgan fingerprint density at radius 1 is 0.850 bits per heavy atom. The minimum atomic E-state index is -0.950. The molecule has 0 heterocycles. The summed E-state index contributed by atoms with van der Waals surface area (Å²) in [7, 11) is 0. The Bertz CT molecular complexity index is 1220. The quantitative estimate of drug-likeness (QED) is 0.168. The molecule has 0 spiro atoms. The van der Waals surface area contributed by atoms with Crippen molar-refractivity contribution in [1.29, 1.82) is 0 Å². The Kier molecular flexibility index (Phi) is 11.0. The molecule has 6 heteroatoms. The average Bonchev–Trinajstić information content (AvgIpc) is 2.98. The zero-order valence-corrected chi connectivity index (χ0v) is 23.2. The number of carboxylic acids is 2. The van der Waals surface area contributed by atoms with Gasteiger partial charge in [-0.3, -0.25) is 4.79 Å². The van der Waals surface area contributed by atoms with Gasteiger partial charge in [0.25, 0.3) is 0 Å². The van der Waals surface area contributed by atoms with Gasteiger partial charge in [-0.2, -0.15) is 0 Å². The van der Waals surface area contributed by atoms with Gasteiger partial charge in [0, 0.05) is 18.2 Å². The lowest BCUT2D eigenvalue weighted by Gasteiger charge is -2.22. The molecular formula is C34H41NO5. The summed E-state index contributed by atoms with van der Waals surface area (Å²) in [5, 5.41) is 21.7. The van der Waals surface area contributed by atoms with Gasteiger partial charge >= 0.3 is 11.9 Å². The lowest BCUT2D eigenvalue weighted by molar-refractivity contribution is -0.137. The number of rotatable bonds is 15. The van der Waals surface area contributed by atoms with Crippen LogP contribution in [-0.4, -0.2) is 28.2 Å². The molecule has 3 N–H and O–H groups in total. The number of aromatic carboxylic acids is 1. The molecule has 40 heavy (non-hydrogen) atoms. The van der Waals surface area contributed by atoms with Crippen molar-refractivity contribution in [2.24, 2.45) is 0 Å². The highest BCUT2D eigenvalue weighted by atomic mass is 16.5. The Hall–Kier alpha value is -3.80. The number of aryl methyl sites for hydroxylation is 1. The molecular weight excluding hydrogens is 502 g/mol. The third-order valence-electron chi connectivity index (χ3n) is 7.88. The van der Waals surface area contributed by atoms with Crippen molar-refractivity contribution in [1.82, 2.24) is 0 Å². The van der Waals surface area contributed by atoms with E-state index in [2.05, 4.69) is 35.6 Å². The van der Waals surface area contributed by atoms with E-state index in [1.807, 2.05) is 18.2 Å². The predicted molar refractivity (Wildman–Crippen MR) is 158 cm³/mol. The van der Waals surface area contributed by atoms with Crippen molar-refractivity contribution in [2.75, 3.05) is 5.32 Å². The van der Waals surface area contributed by atoms with Crippen molar-refractivity contribution in [3.63, 3.8) is 0 Å². The van der Waals surface area contributed by atoms with Gasteiger partial charge in [0.2, 0.25) is 0 Å². The fraction of sp³-hybridized carbons (Fsp3) is 0.412. The summed E-state index contributed by atoms with van der Waals surface area (Å²) in [5.74, 6) is -0.142. The smallest absolute Gasteiger partial charge is 0.335 e. The Morgan fingerprint density at radius 2 is 1.57 bits per heavy atom. The lowest BCUT2D eigenvalue weighted by Crippen LogP contribution is -2.20. The van der Waals surface area contributed by atoms with Crippen LogP contribution in [0.3, 0.4) is 0 Å². The molecule has 1 fully saturated rings. The zero-order valence-electron chi connectivity index (χ0n) is 23.2. The highest BCUT2D eigenvalue weighted by Crippen LogP contribution is 2.32. The van der Waals surface area contributed by atoms with E-state index in [1.54, 1.807) is 24.3 Å². The second-order valence-electron chi connectivity index (χ2n) is 10.9. The minimum absolute atomic E-state index is 0.116. The van der Waals surface area contributed by atoms with Gasteiger partial charge in [-0.05, 0) is 91.5 Å². The molecule has 0 aromatic heterocycles. The van der Waals surface area contributed by atoms with Gasteiger partial charge in [-0.1, -0.05) is 68.1 Å². The van der Waals surface area contributed by atoms with E-state index in [4.69, 9.17) is 9.84 Å². The number of para-hydroxylation sites is 1. The molecule has 1 unspecified atom stereocenters. The van der Waals surface area contributed by atoms with Crippen molar-refractivity contribution in [3.8, 4) is 5.75 Å². The summed E-state index contributed by atoms with van der Waals surface area (Å²) >= 11 is 0. The number of carboxylic acid groups (broad SMARTS) is 2. The van der Waals surface area contributed by atoms with E-state index in [0.717, 1.165) is 48.2 Å². The van der Waals surface area contributed by atoms with Gasteiger partial charge in [0.15, 0.2) is 0 Å². The van der Waals surface area contributed by atoms with Crippen LogP contribution >= 0.6 is 0 Å². The SMILES string of the molecule is O=C(O)CCCCC(CCc1ccccc1OCc1ccc(C2CCCCC2)cc1)Nc1ccc(C(=O)O)cc1. The molecule has 3 aromatic carbocycles. The number of hydrogen-bond donors (Lipinski definition) is 3. The number of carbonyl (C=O) groups is 2. The summed E-state index contributed by atoms with van der Waals surface area (Å²) in [6.07, 6.45) is 10.7. The largest absolute Gasteiger partial charge is 0.489 e. The van der Waals surface area contributed by atoms with Crippen molar-refractivity contribution in [3.05, 3.63) is 95.1 Å². The van der Waals surface area contributed by atoms with Crippen LogP contribution in [0.2, 0.25) is 0 Å². The van der Waals surface area contributed by atoms with Crippen LogP contribution in [0.4, 0.5) is 5.69 Å². The van der Waals surface area contributed by atoms with E-state index in [-0.39, 0.29) is 18.0 Å². The monoisotopic (exact) mass is 543 g/mol. The van der Waals surface area contributed by atoms with Gasteiger partial charge in [0.1, 0.15) is 12.4 Å². The van der Waals surface area contributed by atoms with Crippen LogP contribution in [0, 0.1) is 0 Å². The van der Waals surface area contributed by atoms with Gasteiger partial charge in [0.05, 0.1) is 5.56 Å². The highest BCUT2D eigenvalue weighted by molar-refractivity contribution is 5.88. The zero-order chi connectivity index (χ0) is 28.2. The number of hydrogen-bond acceptors (Lipinski definition) is 4. The first-order valence-corrected chi connectivity index (χ1v) is 14.6. The molecule has 1 atom stereocenters. The summed E-state index contributed by atoms with van der Waals surface area (Å²) in [6, 6.07) is 23.9. The van der Waals surface area contributed by atoms with Crippen LogP contribution < -0.4 is 10.1 Å². The number of nitrogens with one attached hydrogen (secondary N) is 1. The van der Waals surface area contributed by atoms with Crippen LogP contribution in [0.1, 0.15) is 97.2 Å². The standard InChI is InChI=1S/C34H41NO5/c36-33(37)13-7-5-11-30(35-31-22-19-29(20-23-31)34(38)39)21-18-28-10-4-6-12-32(28)40-24-25-14-16-27(17-15-25)26-8-2-1-3-9-26/h4,6,10,12,14-17,19-20,22-23,26,30,35H,1-3,5,7-9,11,13,18,21,24H2,(H,36,37)(H,38,39). The maximum Gasteiger partial charge on any atom is 0.335 e. The highest BCUT2D eigenvalue weighted by Gasteiger charge is 2.16.